The lowest BCUT2D eigenvalue weighted by Gasteiger charge is -2.34. The molecule has 0 bridgehead atoms. The van der Waals surface area contributed by atoms with Gasteiger partial charge in [0.25, 0.3) is 0 Å². The van der Waals surface area contributed by atoms with Crippen LogP contribution in [0.3, 0.4) is 0 Å². The number of aliphatic hydroxyl groups is 1. The third-order valence-corrected chi connectivity index (χ3v) is 3.68. The van der Waals surface area contributed by atoms with E-state index in [0.29, 0.717) is 0 Å². The van der Waals surface area contributed by atoms with E-state index in [0.717, 1.165) is 30.7 Å². The fraction of sp³-hybridized carbons (Fsp3) is 0.467. The molecule has 2 unspecified atom stereocenters. The number of aliphatic hydroxyl groups excluding tert-OH is 1. The molecule has 2 N–H and O–H groups in total. The summed E-state index contributed by atoms with van der Waals surface area (Å²) >= 11 is 0. The first-order valence-corrected chi connectivity index (χ1v) is 6.42. The molecule has 0 saturated carbocycles. The monoisotopic (exact) mass is 283 g/mol. The normalized spacial score (nSPS) is 21.2. The Morgan fingerprint density at radius 1 is 1.53 bits per heavy atom. The van der Waals surface area contributed by atoms with Crippen LogP contribution in [-0.2, 0) is 6.42 Å². The van der Waals surface area contributed by atoms with Gasteiger partial charge in [0.05, 0.1) is 13.7 Å². The minimum absolute atomic E-state index is 0. The van der Waals surface area contributed by atoms with E-state index in [4.69, 9.17) is 4.74 Å². The predicted molar refractivity (Wildman–Crippen MR) is 80.4 cm³/mol. The van der Waals surface area contributed by atoms with Gasteiger partial charge in [-0.15, -0.1) is 19.0 Å². The second-order valence-corrected chi connectivity index (χ2v) is 4.66. The minimum Gasteiger partial charge on any atom is -0.496 e. The van der Waals surface area contributed by atoms with Crippen LogP contribution in [0.25, 0.3) is 0 Å². The lowest BCUT2D eigenvalue weighted by atomic mass is 9.79. The third-order valence-electron chi connectivity index (χ3n) is 3.68. The summed E-state index contributed by atoms with van der Waals surface area (Å²) in [5.74, 6) is 0.988. The molecule has 0 heterocycles. The number of nitrogens with one attached hydrogen (secondary N) is 1. The van der Waals surface area contributed by atoms with Gasteiger partial charge in [-0.25, -0.2) is 0 Å². The largest absolute Gasteiger partial charge is 0.496 e. The topological polar surface area (TPSA) is 41.5 Å². The molecule has 4 heteroatoms. The molecule has 1 aliphatic rings. The Bertz CT molecular complexity index is 408. The molecule has 0 aromatic heterocycles. The lowest BCUT2D eigenvalue weighted by Crippen LogP contribution is -2.40. The lowest BCUT2D eigenvalue weighted by molar-refractivity contribution is 0.222. The second kappa shape index (κ2) is 7.53. The summed E-state index contributed by atoms with van der Waals surface area (Å²) in [6, 6.07) is 6.40. The van der Waals surface area contributed by atoms with Crippen molar-refractivity contribution in [1.29, 1.82) is 0 Å². The average molecular weight is 284 g/mol. The van der Waals surface area contributed by atoms with Crippen molar-refractivity contribution in [2.45, 2.75) is 24.8 Å². The van der Waals surface area contributed by atoms with Crippen molar-refractivity contribution in [2.24, 2.45) is 0 Å². The number of benzene rings is 1. The molecule has 1 aromatic rings. The number of hydrogen-bond donors (Lipinski definition) is 2. The molecule has 0 amide bonds. The van der Waals surface area contributed by atoms with Crippen molar-refractivity contribution in [3.63, 3.8) is 0 Å². The molecule has 0 saturated heterocycles. The van der Waals surface area contributed by atoms with Crippen LogP contribution in [-0.4, -0.2) is 31.4 Å². The van der Waals surface area contributed by atoms with E-state index in [1.165, 1.54) is 5.56 Å². The predicted octanol–water partition coefficient (Wildman–Crippen LogP) is 2.28. The maximum atomic E-state index is 9.71. The summed E-state index contributed by atoms with van der Waals surface area (Å²) in [6.45, 7) is 4.63. The first-order valence-electron chi connectivity index (χ1n) is 6.42. The van der Waals surface area contributed by atoms with Crippen molar-refractivity contribution >= 4 is 12.4 Å². The first kappa shape index (κ1) is 16.0. The number of fused-ring (bicyclic) bond motifs is 1. The minimum atomic E-state index is 0. The van der Waals surface area contributed by atoms with Crippen molar-refractivity contribution in [1.82, 2.24) is 5.32 Å². The van der Waals surface area contributed by atoms with Crippen LogP contribution in [0.2, 0.25) is 0 Å². The third kappa shape index (κ3) is 3.30. The quantitative estimate of drug-likeness (QED) is 0.815. The molecular weight excluding hydrogens is 262 g/mol. The zero-order chi connectivity index (χ0) is 13.0. The van der Waals surface area contributed by atoms with E-state index in [-0.39, 0.29) is 31.0 Å². The second-order valence-electron chi connectivity index (χ2n) is 4.66. The molecular formula is C15H22ClNO2. The molecule has 19 heavy (non-hydrogen) atoms. The Balaban J connectivity index is 0.00000180. The number of methoxy groups -OCH3 is 1. The maximum Gasteiger partial charge on any atom is 0.122 e. The molecule has 0 radical (unpaired) electrons. The van der Waals surface area contributed by atoms with Crippen molar-refractivity contribution in [2.75, 3.05) is 20.3 Å². The first-order chi connectivity index (χ1) is 8.81. The molecule has 0 fully saturated rings. The van der Waals surface area contributed by atoms with Crippen molar-refractivity contribution < 1.29 is 9.84 Å². The summed E-state index contributed by atoms with van der Waals surface area (Å²) in [6.07, 6.45) is 3.92. The molecule has 3 nitrogen and oxygen atoms in total. The van der Waals surface area contributed by atoms with Gasteiger partial charge < -0.3 is 15.2 Å². The number of aryl methyl sites for hydroxylation is 1. The molecule has 2 rings (SSSR count). The number of ether oxygens (including phenoxy) is 1. The van der Waals surface area contributed by atoms with Crippen molar-refractivity contribution in [3.8, 4) is 5.75 Å². The molecule has 0 spiro atoms. The highest BCUT2D eigenvalue weighted by atomic mass is 35.5. The summed E-state index contributed by atoms with van der Waals surface area (Å²) in [4.78, 5) is 0. The standard InChI is InChI=1S/C15H21NO2.ClH/c1-3-9-16-13-8-7-11-5-4-6-14(18-2)15(11)12(13)10-17;/h3-6,12-13,16-17H,1,7-10H2,2H3;1H. The van der Waals surface area contributed by atoms with Crippen molar-refractivity contribution in [3.05, 3.63) is 42.0 Å². The highest BCUT2D eigenvalue weighted by Crippen LogP contribution is 2.37. The highest BCUT2D eigenvalue weighted by Gasteiger charge is 2.30. The van der Waals surface area contributed by atoms with Crippen LogP contribution in [0, 0.1) is 0 Å². The number of hydrogen-bond acceptors (Lipinski definition) is 3. The van der Waals surface area contributed by atoms with E-state index in [1.807, 2.05) is 18.2 Å². The van der Waals surface area contributed by atoms with E-state index < -0.39 is 0 Å². The Morgan fingerprint density at radius 3 is 2.95 bits per heavy atom. The van der Waals surface area contributed by atoms with Crippen LogP contribution in [0.15, 0.2) is 30.9 Å². The Kier molecular flexibility index (Phi) is 6.35. The van der Waals surface area contributed by atoms with Gasteiger partial charge in [0, 0.05) is 24.1 Å². The van der Waals surface area contributed by atoms with Crippen LogP contribution in [0.4, 0.5) is 0 Å². The van der Waals surface area contributed by atoms with Gasteiger partial charge in [-0.05, 0) is 24.5 Å². The van der Waals surface area contributed by atoms with Crippen LogP contribution in [0.5, 0.6) is 5.75 Å². The van der Waals surface area contributed by atoms with E-state index >= 15 is 0 Å². The Hall–Kier alpha value is -1.03. The summed E-state index contributed by atoms with van der Waals surface area (Å²) in [5, 5.41) is 13.1. The zero-order valence-corrected chi connectivity index (χ0v) is 12.1. The summed E-state index contributed by atoms with van der Waals surface area (Å²) in [7, 11) is 1.69. The van der Waals surface area contributed by atoms with E-state index in [9.17, 15) is 5.11 Å². The molecule has 0 aliphatic heterocycles. The SMILES string of the molecule is C=CCNC1CCc2cccc(OC)c2C1CO.Cl. The summed E-state index contributed by atoms with van der Waals surface area (Å²) in [5.41, 5.74) is 2.46. The van der Waals surface area contributed by atoms with Crippen LogP contribution < -0.4 is 10.1 Å². The van der Waals surface area contributed by atoms with Gasteiger partial charge in [0.2, 0.25) is 0 Å². The Morgan fingerprint density at radius 2 is 2.32 bits per heavy atom. The van der Waals surface area contributed by atoms with E-state index in [1.54, 1.807) is 7.11 Å². The fourth-order valence-corrected chi connectivity index (χ4v) is 2.82. The van der Waals surface area contributed by atoms with Gasteiger partial charge in [-0.1, -0.05) is 18.2 Å². The smallest absolute Gasteiger partial charge is 0.122 e. The van der Waals surface area contributed by atoms with Crippen LogP contribution >= 0.6 is 12.4 Å². The molecule has 2 atom stereocenters. The number of halogens is 1. The van der Waals surface area contributed by atoms with Gasteiger partial charge >= 0.3 is 0 Å². The number of rotatable bonds is 5. The molecule has 106 valence electrons. The van der Waals surface area contributed by atoms with Gasteiger partial charge in [0.15, 0.2) is 0 Å². The maximum absolute atomic E-state index is 9.71. The van der Waals surface area contributed by atoms with Gasteiger partial charge in [0.1, 0.15) is 5.75 Å². The van der Waals surface area contributed by atoms with Gasteiger partial charge in [-0.2, -0.15) is 0 Å². The molecule has 1 aliphatic carbocycles. The fourth-order valence-electron chi connectivity index (χ4n) is 2.82. The van der Waals surface area contributed by atoms with E-state index in [2.05, 4.69) is 18.0 Å². The zero-order valence-electron chi connectivity index (χ0n) is 11.3. The highest BCUT2D eigenvalue weighted by molar-refractivity contribution is 5.85. The summed E-state index contributed by atoms with van der Waals surface area (Å²) < 4.78 is 5.44. The molecule has 1 aromatic carbocycles. The van der Waals surface area contributed by atoms with Gasteiger partial charge in [-0.3, -0.25) is 0 Å². The van der Waals surface area contributed by atoms with Crippen LogP contribution in [0.1, 0.15) is 23.5 Å². The average Bonchev–Trinajstić information content (AvgIpc) is 2.43. The Labute approximate surface area is 121 Å².